The van der Waals surface area contributed by atoms with Gasteiger partial charge >= 0.3 is 0 Å². The van der Waals surface area contributed by atoms with Crippen LogP contribution < -0.4 is 5.32 Å². The number of carbonyl (C=O) groups excluding carboxylic acids is 1. The molecule has 3 aromatic heterocycles. The van der Waals surface area contributed by atoms with Gasteiger partial charge in [-0.2, -0.15) is 5.26 Å². The molecule has 36 heavy (non-hydrogen) atoms. The van der Waals surface area contributed by atoms with E-state index in [0.29, 0.717) is 30.6 Å². The van der Waals surface area contributed by atoms with Gasteiger partial charge in [-0.1, -0.05) is 0 Å². The van der Waals surface area contributed by atoms with Crippen LogP contribution >= 0.6 is 0 Å². The number of aromatic amines is 1. The van der Waals surface area contributed by atoms with Crippen LogP contribution in [0.1, 0.15) is 82.5 Å². The van der Waals surface area contributed by atoms with Crippen molar-refractivity contribution < 1.29 is 9.90 Å². The van der Waals surface area contributed by atoms with E-state index in [0.717, 1.165) is 79.3 Å². The quantitative estimate of drug-likeness (QED) is 0.497. The molecule has 8 heteroatoms. The number of carbonyl (C=O) groups is 1. The molecule has 0 spiro atoms. The first-order valence-electron chi connectivity index (χ1n) is 13.7. The average molecular weight is 487 g/mol. The van der Waals surface area contributed by atoms with Crippen molar-refractivity contribution in [3.05, 3.63) is 24.3 Å². The number of fused-ring (bicyclic) bond motifs is 3. The zero-order chi connectivity index (χ0) is 24.5. The first kappa shape index (κ1) is 22.3. The summed E-state index contributed by atoms with van der Waals surface area (Å²) in [4.78, 5) is 26.3. The van der Waals surface area contributed by atoms with E-state index in [1.165, 1.54) is 6.42 Å². The number of imidazole rings is 1. The Balaban J connectivity index is 1.20. The van der Waals surface area contributed by atoms with Crippen molar-refractivity contribution in [1.82, 2.24) is 24.8 Å². The molecule has 5 saturated carbocycles. The van der Waals surface area contributed by atoms with Crippen molar-refractivity contribution in [1.29, 1.82) is 5.26 Å². The Morgan fingerprint density at radius 2 is 2.00 bits per heavy atom. The lowest BCUT2D eigenvalue weighted by Gasteiger charge is -2.60. The molecule has 0 aliphatic heterocycles. The predicted octanol–water partition coefficient (Wildman–Crippen LogP) is 4.30. The number of rotatable bonds is 5. The molecular formula is C28H34N6O2. The van der Waals surface area contributed by atoms with Crippen LogP contribution in [-0.4, -0.2) is 41.7 Å². The fourth-order valence-corrected chi connectivity index (χ4v) is 8.74. The van der Waals surface area contributed by atoms with E-state index < -0.39 is 5.60 Å². The predicted molar refractivity (Wildman–Crippen MR) is 135 cm³/mol. The second-order valence-electron chi connectivity index (χ2n) is 12.4. The summed E-state index contributed by atoms with van der Waals surface area (Å²) in [6, 6.07) is 4.64. The molecule has 0 aromatic carbocycles. The monoisotopic (exact) mass is 486 g/mol. The molecule has 5 aliphatic carbocycles. The van der Waals surface area contributed by atoms with Gasteiger partial charge in [-0.15, -0.1) is 0 Å². The lowest BCUT2D eigenvalue weighted by atomic mass is 9.51. The van der Waals surface area contributed by atoms with Gasteiger partial charge in [0.15, 0.2) is 0 Å². The van der Waals surface area contributed by atoms with Crippen molar-refractivity contribution in [2.75, 3.05) is 0 Å². The molecular weight excluding hydrogens is 452 g/mol. The minimum absolute atomic E-state index is 0.00791. The van der Waals surface area contributed by atoms with Crippen LogP contribution in [0.2, 0.25) is 0 Å². The maximum atomic E-state index is 13.6. The second-order valence-corrected chi connectivity index (χ2v) is 12.4. The van der Waals surface area contributed by atoms with Gasteiger partial charge in [0.2, 0.25) is 5.91 Å². The molecule has 5 aliphatic rings. The molecule has 8 rings (SSSR count). The van der Waals surface area contributed by atoms with Gasteiger partial charge < -0.3 is 20.0 Å². The van der Waals surface area contributed by atoms with Crippen LogP contribution in [0.5, 0.6) is 0 Å². The molecule has 3 heterocycles. The topological polar surface area (TPSA) is 120 Å². The Bertz CT molecular complexity index is 1360. The van der Waals surface area contributed by atoms with Crippen LogP contribution in [0.15, 0.2) is 18.5 Å². The van der Waals surface area contributed by atoms with E-state index in [9.17, 15) is 9.90 Å². The number of amides is 1. The van der Waals surface area contributed by atoms with Crippen molar-refractivity contribution in [3.63, 3.8) is 0 Å². The van der Waals surface area contributed by atoms with Gasteiger partial charge in [-0.05, 0) is 88.0 Å². The van der Waals surface area contributed by atoms with Gasteiger partial charge in [0.25, 0.3) is 0 Å². The number of nitrogens with zero attached hydrogens (tertiary/aromatic N) is 4. The third-order valence-corrected chi connectivity index (χ3v) is 9.62. The molecule has 4 bridgehead atoms. The Morgan fingerprint density at radius 3 is 2.72 bits per heavy atom. The molecule has 8 nitrogen and oxygen atoms in total. The SMILES string of the molecule is N#CCC1CCC(n2c(CC(=O)NC34C[C@@H]5C[C@@H](CC(O)(C5)C3)C4)nc3cnc4[nH]ccc4c32)CC1. The molecule has 4 atom stereocenters. The zero-order valence-corrected chi connectivity index (χ0v) is 20.7. The Hall–Kier alpha value is -2.92. The highest BCUT2D eigenvalue weighted by molar-refractivity contribution is 6.01. The van der Waals surface area contributed by atoms with E-state index in [1.807, 2.05) is 18.5 Å². The molecule has 3 aromatic rings. The van der Waals surface area contributed by atoms with Crippen molar-refractivity contribution in [2.45, 2.75) is 94.2 Å². The average Bonchev–Trinajstić information content (AvgIpc) is 3.42. The summed E-state index contributed by atoms with van der Waals surface area (Å²) >= 11 is 0. The molecule has 3 N–H and O–H groups in total. The highest BCUT2D eigenvalue weighted by Gasteiger charge is 2.57. The van der Waals surface area contributed by atoms with Crippen molar-refractivity contribution in [3.8, 4) is 6.07 Å². The molecule has 0 saturated heterocycles. The number of H-pyrrole nitrogens is 1. The highest BCUT2D eigenvalue weighted by Crippen LogP contribution is 2.57. The second kappa shape index (κ2) is 8.04. The number of nitrogens with one attached hydrogen (secondary N) is 2. The van der Waals surface area contributed by atoms with Crippen LogP contribution in [-0.2, 0) is 11.2 Å². The minimum atomic E-state index is -0.599. The summed E-state index contributed by atoms with van der Waals surface area (Å²) < 4.78 is 2.31. The zero-order valence-electron chi connectivity index (χ0n) is 20.7. The number of aliphatic hydroxyl groups is 1. The van der Waals surface area contributed by atoms with Gasteiger partial charge in [0.1, 0.15) is 17.0 Å². The van der Waals surface area contributed by atoms with Crippen LogP contribution in [0, 0.1) is 29.1 Å². The summed E-state index contributed by atoms with van der Waals surface area (Å²) in [6.07, 6.45) is 14.2. The van der Waals surface area contributed by atoms with Gasteiger partial charge in [0.05, 0.1) is 29.8 Å². The maximum absolute atomic E-state index is 13.6. The largest absolute Gasteiger partial charge is 0.390 e. The highest BCUT2D eigenvalue weighted by atomic mass is 16.3. The number of pyridine rings is 1. The number of hydrogen-bond acceptors (Lipinski definition) is 5. The van der Waals surface area contributed by atoms with Crippen LogP contribution in [0.3, 0.4) is 0 Å². The number of hydrogen-bond donors (Lipinski definition) is 3. The van der Waals surface area contributed by atoms with Gasteiger partial charge in [-0.3, -0.25) is 4.79 Å². The van der Waals surface area contributed by atoms with E-state index in [2.05, 4.69) is 25.9 Å². The summed E-state index contributed by atoms with van der Waals surface area (Å²) in [5, 5.41) is 24.7. The summed E-state index contributed by atoms with van der Waals surface area (Å²) in [7, 11) is 0. The molecule has 2 unspecified atom stereocenters. The van der Waals surface area contributed by atoms with Gasteiger partial charge in [0, 0.05) is 29.6 Å². The fourth-order valence-electron chi connectivity index (χ4n) is 8.74. The Morgan fingerprint density at radius 1 is 1.22 bits per heavy atom. The third-order valence-electron chi connectivity index (χ3n) is 9.62. The first-order chi connectivity index (χ1) is 17.4. The maximum Gasteiger partial charge on any atom is 0.228 e. The lowest BCUT2D eigenvalue weighted by Crippen LogP contribution is -2.65. The molecule has 188 valence electrons. The van der Waals surface area contributed by atoms with E-state index >= 15 is 0 Å². The summed E-state index contributed by atoms with van der Waals surface area (Å²) in [5.74, 6) is 2.32. The minimum Gasteiger partial charge on any atom is -0.390 e. The van der Waals surface area contributed by atoms with Crippen molar-refractivity contribution in [2.24, 2.45) is 17.8 Å². The lowest BCUT2D eigenvalue weighted by molar-refractivity contribution is -0.150. The third kappa shape index (κ3) is 3.62. The molecule has 1 amide bonds. The van der Waals surface area contributed by atoms with Crippen LogP contribution in [0.4, 0.5) is 0 Å². The van der Waals surface area contributed by atoms with Gasteiger partial charge in [-0.25, -0.2) is 9.97 Å². The first-order valence-corrected chi connectivity index (χ1v) is 13.7. The standard InChI is InChI=1S/C28H34N6O2/c29-7-5-17-1-3-20(4-2-17)34-23(32-22-15-31-26-21(25(22)34)6-8-30-26)10-24(35)33-27-11-18-9-19(12-27)14-28(36,13-18)16-27/h6,8,15,17-20,36H,1-5,9-14,16H2,(H,30,31)(H,33,35)/t17?,18-,19+,20?,27?,28?. The fraction of sp³-hybridized carbons (Fsp3) is 0.643. The Kier molecular flexibility index (Phi) is 4.98. The summed E-state index contributed by atoms with van der Waals surface area (Å²) in [5.41, 5.74) is 1.85. The molecule has 5 fully saturated rings. The Labute approximate surface area is 210 Å². The van der Waals surface area contributed by atoms with E-state index in [4.69, 9.17) is 10.2 Å². The number of nitriles is 1. The van der Waals surface area contributed by atoms with Crippen molar-refractivity contribution >= 4 is 28.0 Å². The summed E-state index contributed by atoms with van der Waals surface area (Å²) in [6.45, 7) is 0. The smallest absolute Gasteiger partial charge is 0.228 e. The molecule has 0 radical (unpaired) electrons. The van der Waals surface area contributed by atoms with E-state index in [-0.39, 0.29) is 23.9 Å². The van der Waals surface area contributed by atoms with E-state index in [1.54, 1.807) is 0 Å². The normalized spacial score (nSPS) is 35.3. The number of aromatic nitrogens is 4. The van der Waals surface area contributed by atoms with Crippen LogP contribution in [0.25, 0.3) is 22.1 Å².